The molecule has 1 unspecified atom stereocenters. The van der Waals surface area contributed by atoms with Gasteiger partial charge in [-0.15, -0.1) is 6.42 Å². The van der Waals surface area contributed by atoms with E-state index in [9.17, 15) is 0 Å². The number of terminal acetylenes is 1. The maximum Gasteiger partial charge on any atom is 0.142 e. The molecular weight excluding hydrogens is 267 g/mol. The SMILES string of the molecule is C#CCOCC1(I)CCCCO1. The van der Waals surface area contributed by atoms with Gasteiger partial charge in [0.1, 0.15) is 10.2 Å². The molecule has 1 fully saturated rings. The maximum absolute atomic E-state index is 5.61. The molecule has 12 heavy (non-hydrogen) atoms. The lowest BCUT2D eigenvalue weighted by atomic mass is 10.1. The molecule has 68 valence electrons. The van der Waals surface area contributed by atoms with Crippen molar-refractivity contribution < 1.29 is 9.47 Å². The fraction of sp³-hybridized carbons (Fsp3) is 0.778. The predicted molar refractivity (Wildman–Crippen MR) is 56.2 cm³/mol. The van der Waals surface area contributed by atoms with Crippen LogP contribution in [0.3, 0.4) is 0 Å². The maximum atomic E-state index is 5.61. The Balaban J connectivity index is 2.23. The molecule has 0 N–H and O–H groups in total. The Hall–Kier alpha value is 0.210. The summed E-state index contributed by atoms with van der Waals surface area (Å²) in [6, 6.07) is 0. The fourth-order valence-electron chi connectivity index (χ4n) is 1.19. The molecule has 0 saturated carbocycles. The molecule has 2 nitrogen and oxygen atoms in total. The van der Waals surface area contributed by atoms with Crippen molar-refractivity contribution in [1.82, 2.24) is 0 Å². The smallest absolute Gasteiger partial charge is 0.142 e. The average Bonchev–Trinajstić information content (AvgIpc) is 2.06. The van der Waals surface area contributed by atoms with Crippen LogP contribution in [0, 0.1) is 12.3 Å². The number of ether oxygens (including phenoxy) is 2. The zero-order chi connectivity index (χ0) is 8.86. The molecule has 0 aromatic rings. The first kappa shape index (κ1) is 10.3. The van der Waals surface area contributed by atoms with Gasteiger partial charge in [-0.05, 0) is 41.9 Å². The van der Waals surface area contributed by atoms with E-state index < -0.39 is 0 Å². The van der Waals surface area contributed by atoms with Gasteiger partial charge in [0.25, 0.3) is 0 Å². The van der Waals surface area contributed by atoms with E-state index in [1.54, 1.807) is 0 Å². The second-order valence-electron chi connectivity index (χ2n) is 2.89. The third kappa shape index (κ3) is 3.30. The first-order chi connectivity index (χ1) is 5.77. The highest BCUT2D eigenvalue weighted by molar-refractivity contribution is 14.1. The summed E-state index contributed by atoms with van der Waals surface area (Å²) in [6.07, 6.45) is 8.53. The van der Waals surface area contributed by atoms with E-state index in [4.69, 9.17) is 15.9 Å². The lowest BCUT2D eigenvalue weighted by Gasteiger charge is -2.31. The monoisotopic (exact) mass is 280 g/mol. The van der Waals surface area contributed by atoms with Crippen LogP contribution in [0.25, 0.3) is 0 Å². The molecule has 1 heterocycles. The molecule has 0 amide bonds. The van der Waals surface area contributed by atoms with E-state index in [2.05, 4.69) is 28.5 Å². The number of hydrogen-bond donors (Lipinski definition) is 0. The van der Waals surface area contributed by atoms with Crippen molar-refractivity contribution in [3.05, 3.63) is 0 Å². The van der Waals surface area contributed by atoms with Crippen LogP contribution in [0.15, 0.2) is 0 Å². The molecule has 0 radical (unpaired) electrons. The van der Waals surface area contributed by atoms with Gasteiger partial charge in [0.2, 0.25) is 0 Å². The van der Waals surface area contributed by atoms with Crippen LogP contribution in [-0.4, -0.2) is 23.4 Å². The zero-order valence-corrected chi connectivity index (χ0v) is 9.17. The minimum Gasteiger partial charge on any atom is -0.365 e. The van der Waals surface area contributed by atoms with Gasteiger partial charge in [-0.25, -0.2) is 0 Å². The Kier molecular flexibility index (Phi) is 4.33. The van der Waals surface area contributed by atoms with Crippen LogP contribution < -0.4 is 0 Å². The molecule has 0 aromatic heterocycles. The summed E-state index contributed by atoms with van der Waals surface area (Å²) in [5, 5.41) is 0. The summed E-state index contributed by atoms with van der Waals surface area (Å²) in [6.45, 7) is 1.84. The molecule has 0 aromatic carbocycles. The molecule has 1 atom stereocenters. The third-order valence-electron chi connectivity index (χ3n) is 1.81. The minimum atomic E-state index is -0.118. The van der Waals surface area contributed by atoms with E-state index in [1.165, 1.54) is 12.8 Å². The van der Waals surface area contributed by atoms with E-state index in [-0.39, 0.29) is 3.61 Å². The normalized spacial score (nSPS) is 29.7. The molecule has 1 aliphatic heterocycles. The van der Waals surface area contributed by atoms with Crippen molar-refractivity contribution in [2.75, 3.05) is 19.8 Å². The van der Waals surface area contributed by atoms with Crippen LogP contribution in [0.4, 0.5) is 0 Å². The van der Waals surface area contributed by atoms with E-state index in [1.807, 2.05) is 0 Å². The summed E-state index contributed by atoms with van der Waals surface area (Å²) in [5.41, 5.74) is 0. The highest BCUT2D eigenvalue weighted by Gasteiger charge is 2.29. The Morgan fingerprint density at radius 2 is 2.42 bits per heavy atom. The number of halogens is 1. The third-order valence-corrected chi connectivity index (χ3v) is 2.97. The van der Waals surface area contributed by atoms with Gasteiger partial charge in [-0.2, -0.15) is 0 Å². The first-order valence-corrected chi connectivity index (χ1v) is 5.19. The van der Waals surface area contributed by atoms with Gasteiger partial charge in [0.15, 0.2) is 0 Å². The molecular formula is C9H13IO2. The number of hydrogen-bond acceptors (Lipinski definition) is 2. The highest BCUT2D eigenvalue weighted by atomic mass is 127. The zero-order valence-electron chi connectivity index (χ0n) is 7.01. The standard InChI is InChI=1S/C9H13IO2/c1-2-6-11-8-9(10)5-3-4-7-12-9/h1H,3-8H2. The molecule has 0 bridgehead atoms. The van der Waals surface area contributed by atoms with Gasteiger partial charge in [-0.3, -0.25) is 0 Å². The van der Waals surface area contributed by atoms with Crippen LogP contribution >= 0.6 is 22.6 Å². The molecule has 0 aliphatic carbocycles. The van der Waals surface area contributed by atoms with Gasteiger partial charge >= 0.3 is 0 Å². The first-order valence-electron chi connectivity index (χ1n) is 4.11. The van der Waals surface area contributed by atoms with E-state index >= 15 is 0 Å². The van der Waals surface area contributed by atoms with Crippen molar-refractivity contribution >= 4 is 22.6 Å². The van der Waals surface area contributed by atoms with Gasteiger partial charge in [0.05, 0.1) is 6.61 Å². The number of alkyl halides is 1. The van der Waals surface area contributed by atoms with Crippen LogP contribution in [0.2, 0.25) is 0 Å². The van der Waals surface area contributed by atoms with Crippen LogP contribution in [0.5, 0.6) is 0 Å². The van der Waals surface area contributed by atoms with Crippen LogP contribution in [-0.2, 0) is 9.47 Å². The van der Waals surface area contributed by atoms with Crippen LogP contribution in [0.1, 0.15) is 19.3 Å². The van der Waals surface area contributed by atoms with E-state index in [0.29, 0.717) is 13.2 Å². The van der Waals surface area contributed by atoms with E-state index in [0.717, 1.165) is 13.0 Å². The molecule has 1 rings (SSSR count). The minimum absolute atomic E-state index is 0.118. The molecule has 1 aliphatic rings. The van der Waals surface area contributed by atoms with Gasteiger partial charge in [0, 0.05) is 6.61 Å². The summed E-state index contributed by atoms with van der Waals surface area (Å²) in [7, 11) is 0. The van der Waals surface area contributed by atoms with Crippen molar-refractivity contribution in [3.8, 4) is 12.3 Å². The Labute approximate surface area is 87.1 Å². The average molecular weight is 280 g/mol. The second kappa shape index (κ2) is 5.05. The summed E-state index contributed by atoms with van der Waals surface area (Å²) < 4.78 is 10.7. The van der Waals surface area contributed by atoms with Crippen molar-refractivity contribution in [1.29, 1.82) is 0 Å². The van der Waals surface area contributed by atoms with Crippen molar-refractivity contribution in [2.24, 2.45) is 0 Å². The molecule has 1 saturated heterocycles. The second-order valence-corrected chi connectivity index (χ2v) is 4.85. The Morgan fingerprint density at radius 3 is 3.00 bits per heavy atom. The number of rotatable bonds is 3. The fourth-order valence-corrected chi connectivity index (χ4v) is 2.02. The quantitative estimate of drug-likeness (QED) is 0.340. The molecule has 0 spiro atoms. The predicted octanol–water partition coefficient (Wildman–Crippen LogP) is 1.97. The van der Waals surface area contributed by atoms with Crippen molar-refractivity contribution in [2.45, 2.75) is 22.9 Å². The Bertz CT molecular complexity index is 168. The summed E-state index contributed by atoms with van der Waals surface area (Å²) >= 11 is 2.31. The van der Waals surface area contributed by atoms with Gasteiger partial charge in [-0.1, -0.05) is 5.92 Å². The lowest BCUT2D eigenvalue weighted by molar-refractivity contribution is -0.0465. The highest BCUT2D eigenvalue weighted by Crippen LogP contribution is 2.31. The Morgan fingerprint density at radius 1 is 1.58 bits per heavy atom. The topological polar surface area (TPSA) is 18.5 Å². The lowest BCUT2D eigenvalue weighted by Crippen LogP contribution is -2.34. The summed E-state index contributed by atoms with van der Waals surface area (Å²) in [4.78, 5) is 0. The largest absolute Gasteiger partial charge is 0.365 e. The summed E-state index contributed by atoms with van der Waals surface area (Å²) in [5.74, 6) is 2.44. The van der Waals surface area contributed by atoms with Crippen molar-refractivity contribution in [3.63, 3.8) is 0 Å². The van der Waals surface area contributed by atoms with Gasteiger partial charge < -0.3 is 9.47 Å². The molecule has 3 heteroatoms.